The molecule has 0 aliphatic carbocycles. The topological polar surface area (TPSA) is 105 Å². The number of benzene rings is 1. The summed E-state index contributed by atoms with van der Waals surface area (Å²) in [5, 5.41) is 6.60. The molecule has 1 aliphatic rings. The van der Waals surface area contributed by atoms with Gasteiger partial charge in [0.2, 0.25) is 5.95 Å². The van der Waals surface area contributed by atoms with Gasteiger partial charge in [0.25, 0.3) is 0 Å². The molecule has 0 saturated carbocycles. The van der Waals surface area contributed by atoms with Crippen LogP contribution < -0.4 is 16.4 Å². The van der Waals surface area contributed by atoms with Gasteiger partial charge in [-0.05, 0) is 79.8 Å². The summed E-state index contributed by atoms with van der Waals surface area (Å²) in [6.45, 7) is 10.4. The van der Waals surface area contributed by atoms with Crippen LogP contribution in [0.5, 0.6) is 0 Å². The summed E-state index contributed by atoms with van der Waals surface area (Å²) in [5.41, 5.74) is 8.54. The minimum absolute atomic E-state index is 0.254. The quantitative estimate of drug-likeness (QED) is 0.473. The Labute approximate surface area is 197 Å². The number of nitrogen functional groups attached to an aromatic ring is 1. The molecule has 0 bridgehead atoms. The number of ether oxygens (including phenoxy) is 1. The van der Waals surface area contributed by atoms with Crippen LogP contribution >= 0.6 is 22.6 Å². The Morgan fingerprint density at radius 3 is 2.87 bits per heavy atom. The van der Waals surface area contributed by atoms with Gasteiger partial charge in [0.15, 0.2) is 5.82 Å². The van der Waals surface area contributed by atoms with Gasteiger partial charge >= 0.3 is 6.09 Å². The number of hydrogen-bond acceptors (Lipinski definition) is 7. The normalized spacial score (nSPS) is 16.3. The lowest BCUT2D eigenvalue weighted by Gasteiger charge is -2.24. The SMILES string of the molecule is Cc1c(I)cccc1CNc1nc(NCC2CCN(C(=O)OC(C)(C)C)C2)ncc1N. The minimum Gasteiger partial charge on any atom is -0.444 e. The summed E-state index contributed by atoms with van der Waals surface area (Å²) < 4.78 is 6.69. The van der Waals surface area contributed by atoms with Gasteiger partial charge in [0.05, 0.1) is 11.9 Å². The Bertz CT molecular complexity index is 931. The first-order chi connectivity index (χ1) is 14.6. The molecule has 168 valence electrons. The molecule has 1 unspecified atom stereocenters. The standard InChI is InChI=1S/C22H31IN6O2/c1-14-16(6-5-7-17(14)23)11-25-19-18(24)12-27-20(28-19)26-10-15-8-9-29(13-15)21(30)31-22(2,3)4/h5-7,12,15H,8-11,13,24H2,1-4H3,(H2,25,26,27,28). The molecule has 4 N–H and O–H groups in total. The molecule has 1 aliphatic heterocycles. The van der Waals surface area contributed by atoms with Gasteiger partial charge in [-0.1, -0.05) is 12.1 Å². The molecule has 3 rings (SSSR count). The van der Waals surface area contributed by atoms with E-state index in [0.29, 0.717) is 49.6 Å². The fraction of sp³-hybridized carbons (Fsp3) is 0.500. The van der Waals surface area contributed by atoms with Crippen molar-refractivity contribution in [2.24, 2.45) is 5.92 Å². The molecule has 9 heteroatoms. The van der Waals surface area contributed by atoms with E-state index in [2.05, 4.69) is 62.2 Å². The molecule has 2 aromatic rings. The smallest absolute Gasteiger partial charge is 0.410 e. The van der Waals surface area contributed by atoms with Crippen molar-refractivity contribution >= 4 is 46.1 Å². The Kier molecular flexibility index (Phi) is 7.45. The van der Waals surface area contributed by atoms with Gasteiger partial charge in [0.1, 0.15) is 5.60 Å². The van der Waals surface area contributed by atoms with Crippen molar-refractivity contribution in [3.8, 4) is 0 Å². The number of likely N-dealkylation sites (tertiary alicyclic amines) is 1. The predicted molar refractivity (Wildman–Crippen MR) is 132 cm³/mol. The van der Waals surface area contributed by atoms with Crippen molar-refractivity contribution in [1.82, 2.24) is 14.9 Å². The van der Waals surface area contributed by atoms with E-state index >= 15 is 0 Å². The summed E-state index contributed by atoms with van der Waals surface area (Å²) in [5.74, 6) is 1.45. The molecule has 1 aromatic heterocycles. The number of halogens is 1. The first-order valence-corrected chi connectivity index (χ1v) is 11.5. The number of amides is 1. The zero-order valence-corrected chi connectivity index (χ0v) is 20.7. The van der Waals surface area contributed by atoms with Crippen LogP contribution in [0.4, 0.5) is 22.2 Å². The van der Waals surface area contributed by atoms with Crippen molar-refractivity contribution in [1.29, 1.82) is 0 Å². The van der Waals surface area contributed by atoms with E-state index in [9.17, 15) is 4.79 Å². The molecule has 8 nitrogen and oxygen atoms in total. The molecule has 1 amide bonds. The fourth-order valence-corrected chi connectivity index (χ4v) is 3.92. The summed E-state index contributed by atoms with van der Waals surface area (Å²) >= 11 is 2.34. The third-order valence-corrected chi connectivity index (χ3v) is 6.30. The van der Waals surface area contributed by atoms with Crippen molar-refractivity contribution in [3.63, 3.8) is 0 Å². The van der Waals surface area contributed by atoms with Gasteiger partial charge in [0, 0.05) is 29.7 Å². The highest BCUT2D eigenvalue weighted by molar-refractivity contribution is 14.1. The maximum absolute atomic E-state index is 12.2. The number of anilines is 3. The summed E-state index contributed by atoms with van der Waals surface area (Å²) in [4.78, 5) is 22.8. The van der Waals surface area contributed by atoms with Gasteiger partial charge < -0.3 is 26.0 Å². The number of carbonyl (C=O) groups is 1. The Morgan fingerprint density at radius 1 is 1.35 bits per heavy atom. The Balaban J connectivity index is 1.54. The van der Waals surface area contributed by atoms with Crippen LogP contribution in [0.25, 0.3) is 0 Å². The molecule has 0 spiro atoms. The second kappa shape index (κ2) is 9.88. The maximum Gasteiger partial charge on any atom is 0.410 e. The summed E-state index contributed by atoms with van der Waals surface area (Å²) in [6, 6.07) is 6.23. The van der Waals surface area contributed by atoms with Crippen molar-refractivity contribution in [2.45, 2.75) is 46.3 Å². The number of nitrogens with two attached hydrogens (primary N) is 1. The van der Waals surface area contributed by atoms with Gasteiger partial charge in [-0.2, -0.15) is 4.98 Å². The average molecular weight is 538 g/mol. The second-order valence-corrected chi connectivity index (χ2v) is 10.00. The minimum atomic E-state index is -0.481. The number of nitrogens with zero attached hydrogens (tertiary/aromatic N) is 3. The van der Waals surface area contributed by atoms with E-state index in [-0.39, 0.29) is 6.09 Å². The average Bonchev–Trinajstić information content (AvgIpc) is 3.17. The zero-order chi connectivity index (χ0) is 22.6. The van der Waals surface area contributed by atoms with Crippen LogP contribution in [0.3, 0.4) is 0 Å². The van der Waals surface area contributed by atoms with Crippen LogP contribution in [0.15, 0.2) is 24.4 Å². The Hall–Kier alpha value is -2.30. The molecule has 1 fully saturated rings. The van der Waals surface area contributed by atoms with E-state index in [1.165, 1.54) is 14.7 Å². The van der Waals surface area contributed by atoms with E-state index in [0.717, 1.165) is 6.42 Å². The number of nitrogens with one attached hydrogen (secondary N) is 2. The molecular weight excluding hydrogens is 507 g/mol. The van der Waals surface area contributed by atoms with E-state index in [4.69, 9.17) is 10.5 Å². The third-order valence-electron chi connectivity index (χ3n) is 5.13. The first kappa shape index (κ1) is 23.4. The van der Waals surface area contributed by atoms with Gasteiger partial charge in [-0.15, -0.1) is 0 Å². The van der Waals surface area contributed by atoms with Crippen LogP contribution in [0.2, 0.25) is 0 Å². The maximum atomic E-state index is 12.2. The lowest BCUT2D eigenvalue weighted by atomic mass is 10.1. The lowest BCUT2D eigenvalue weighted by Crippen LogP contribution is -2.35. The monoisotopic (exact) mass is 538 g/mol. The van der Waals surface area contributed by atoms with Gasteiger partial charge in [-0.25, -0.2) is 9.78 Å². The predicted octanol–water partition coefficient (Wildman–Crippen LogP) is 4.25. The van der Waals surface area contributed by atoms with Crippen molar-refractivity contribution in [3.05, 3.63) is 39.1 Å². The zero-order valence-electron chi connectivity index (χ0n) is 18.5. The van der Waals surface area contributed by atoms with Crippen LogP contribution in [0.1, 0.15) is 38.3 Å². The van der Waals surface area contributed by atoms with Crippen molar-refractivity contribution < 1.29 is 9.53 Å². The molecule has 1 saturated heterocycles. The van der Waals surface area contributed by atoms with Gasteiger partial charge in [-0.3, -0.25) is 0 Å². The van der Waals surface area contributed by atoms with E-state index in [1.807, 2.05) is 26.8 Å². The highest BCUT2D eigenvalue weighted by atomic mass is 127. The largest absolute Gasteiger partial charge is 0.444 e. The summed E-state index contributed by atoms with van der Waals surface area (Å²) in [6.07, 6.45) is 2.27. The molecule has 1 atom stereocenters. The molecular formula is C22H31IN6O2. The summed E-state index contributed by atoms with van der Waals surface area (Å²) in [7, 11) is 0. The van der Waals surface area contributed by atoms with E-state index < -0.39 is 5.60 Å². The Morgan fingerprint density at radius 2 is 2.13 bits per heavy atom. The molecule has 2 heterocycles. The second-order valence-electron chi connectivity index (χ2n) is 8.84. The number of carbonyl (C=O) groups excluding carboxylic acids is 1. The van der Waals surface area contributed by atoms with Crippen molar-refractivity contribution in [2.75, 3.05) is 36.0 Å². The highest BCUT2D eigenvalue weighted by Crippen LogP contribution is 2.22. The first-order valence-electron chi connectivity index (χ1n) is 10.4. The lowest BCUT2D eigenvalue weighted by molar-refractivity contribution is 0.0289. The number of hydrogen-bond donors (Lipinski definition) is 3. The highest BCUT2D eigenvalue weighted by Gasteiger charge is 2.29. The molecule has 1 aromatic carbocycles. The van der Waals surface area contributed by atoms with Crippen LogP contribution in [-0.2, 0) is 11.3 Å². The fourth-order valence-electron chi connectivity index (χ4n) is 3.37. The third kappa shape index (κ3) is 6.59. The van der Waals surface area contributed by atoms with Crippen LogP contribution in [0, 0.1) is 16.4 Å². The van der Waals surface area contributed by atoms with E-state index in [1.54, 1.807) is 11.1 Å². The number of aromatic nitrogens is 2. The molecule has 0 radical (unpaired) electrons. The van der Waals surface area contributed by atoms with Crippen LogP contribution in [-0.4, -0.2) is 46.2 Å². The number of rotatable bonds is 6. The molecule has 31 heavy (non-hydrogen) atoms.